The highest BCUT2D eigenvalue weighted by atomic mass is 19.4. The van der Waals surface area contributed by atoms with E-state index in [1.165, 1.54) is 6.07 Å². The van der Waals surface area contributed by atoms with E-state index in [-0.39, 0.29) is 11.9 Å². The van der Waals surface area contributed by atoms with Crippen molar-refractivity contribution in [3.05, 3.63) is 30.2 Å². The minimum atomic E-state index is -4.70. The van der Waals surface area contributed by atoms with Gasteiger partial charge in [-0.3, -0.25) is 0 Å². The SMILES string of the molecule is CC(C)(C)OC(=O)N1CC[C@@H](Oc2cccc(-c3noc(C(F)(F)F)n3)c2)C1. The number of halogens is 3. The number of hydrogen-bond acceptors (Lipinski definition) is 6. The fourth-order valence-electron chi connectivity index (χ4n) is 2.67. The van der Waals surface area contributed by atoms with Gasteiger partial charge < -0.3 is 18.9 Å². The van der Waals surface area contributed by atoms with Crippen LogP contribution in [-0.4, -0.2) is 45.9 Å². The number of carbonyl (C=O) groups excluding carboxylic acids is 1. The van der Waals surface area contributed by atoms with Crippen LogP contribution >= 0.6 is 0 Å². The van der Waals surface area contributed by atoms with E-state index in [0.717, 1.165) is 0 Å². The van der Waals surface area contributed by atoms with Gasteiger partial charge in [-0.15, -0.1) is 0 Å². The van der Waals surface area contributed by atoms with Crippen LogP contribution < -0.4 is 4.74 Å². The molecule has 0 unspecified atom stereocenters. The van der Waals surface area contributed by atoms with Crippen LogP contribution in [0.2, 0.25) is 0 Å². The Balaban J connectivity index is 1.64. The highest BCUT2D eigenvalue weighted by molar-refractivity contribution is 5.68. The minimum absolute atomic E-state index is 0.181. The number of benzene rings is 1. The number of likely N-dealkylation sites (tertiary alicyclic amines) is 1. The third-order valence-corrected chi connectivity index (χ3v) is 3.86. The molecule has 0 radical (unpaired) electrons. The van der Waals surface area contributed by atoms with Gasteiger partial charge in [-0.25, -0.2) is 4.79 Å². The van der Waals surface area contributed by atoms with Crippen molar-refractivity contribution in [1.82, 2.24) is 15.0 Å². The van der Waals surface area contributed by atoms with Crippen LogP contribution in [0.15, 0.2) is 28.8 Å². The Morgan fingerprint density at radius 2 is 2.04 bits per heavy atom. The van der Waals surface area contributed by atoms with Crippen LogP contribution in [0.3, 0.4) is 0 Å². The van der Waals surface area contributed by atoms with Crippen molar-refractivity contribution in [2.75, 3.05) is 13.1 Å². The Morgan fingerprint density at radius 3 is 2.68 bits per heavy atom. The van der Waals surface area contributed by atoms with Crippen molar-refractivity contribution < 1.29 is 32.0 Å². The van der Waals surface area contributed by atoms with Crippen LogP contribution in [0, 0.1) is 0 Å². The maximum absolute atomic E-state index is 12.6. The summed E-state index contributed by atoms with van der Waals surface area (Å²) in [5.74, 6) is -1.15. The molecule has 1 saturated heterocycles. The van der Waals surface area contributed by atoms with E-state index in [1.807, 2.05) is 0 Å². The molecule has 1 aliphatic rings. The van der Waals surface area contributed by atoms with Gasteiger partial charge >= 0.3 is 18.2 Å². The molecule has 0 spiro atoms. The summed E-state index contributed by atoms with van der Waals surface area (Å²) in [5.41, 5.74) is -0.247. The topological polar surface area (TPSA) is 77.7 Å². The summed E-state index contributed by atoms with van der Waals surface area (Å²) in [6, 6.07) is 6.37. The van der Waals surface area contributed by atoms with Crippen molar-refractivity contribution in [1.29, 1.82) is 0 Å². The molecule has 0 aliphatic carbocycles. The molecule has 152 valence electrons. The van der Waals surface area contributed by atoms with Gasteiger partial charge in [-0.05, 0) is 32.9 Å². The molecule has 2 aromatic rings. The first-order valence-corrected chi connectivity index (χ1v) is 8.67. The molecule has 1 aromatic heterocycles. The molecule has 1 aromatic carbocycles. The lowest BCUT2D eigenvalue weighted by Crippen LogP contribution is -2.36. The molecule has 0 bridgehead atoms. The van der Waals surface area contributed by atoms with Crippen LogP contribution in [0.4, 0.5) is 18.0 Å². The average Bonchev–Trinajstić information content (AvgIpc) is 3.22. The lowest BCUT2D eigenvalue weighted by molar-refractivity contribution is -0.159. The summed E-state index contributed by atoms with van der Waals surface area (Å²) >= 11 is 0. The maximum atomic E-state index is 12.6. The molecule has 7 nitrogen and oxygen atoms in total. The number of carbonyl (C=O) groups is 1. The Morgan fingerprint density at radius 1 is 1.29 bits per heavy atom. The molecule has 3 rings (SSSR count). The molecule has 1 fully saturated rings. The maximum Gasteiger partial charge on any atom is 0.471 e. The summed E-state index contributed by atoms with van der Waals surface area (Å²) < 4.78 is 53.3. The molecular weight excluding hydrogens is 379 g/mol. The average molecular weight is 399 g/mol. The molecule has 0 saturated carbocycles. The third kappa shape index (κ3) is 4.93. The Kier molecular flexibility index (Phi) is 5.22. The number of nitrogens with zero attached hydrogens (tertiary/aromatic N) is 3. The molecule has 1 atom stereocenters. The van der Waals surface area contributed by atoms with E-state index in [9.17, 15) is 18.0 Å². The van der Waals surface area contributed by atoms with Gasteiger partial charge in [0, 0.05) is 18.5 Å². The Labute approximate surface area is 159 Å². The van der Waals surface area contributed by atoms with E-state index in [0.29, 0.717) is 30.8 Å². The zero-order chi connectivity index (χ0) is 20.5. The van der Waals surface area contributed by atoms with Crippen molar-refractivity contribution >= 4 is 6.09 Å². The summed E-state index contributed by atoms with van der Waals surface area (Å²) in [4.78, 5) is 17.0. The first kappa shape index (κ1) is 20.0. The summed E-state index contributed by atoms with van der Waals surface area (Å²) in [5, 5.41) is 3.36. The molecule has 2 heterocycles. The van der Waals surface area contributed by atoms with Gasteiger partial charge in [-0.1, -0.05) is 17.3 Å². The van der Waals surface area contributed by atoms with Gasteiger partial charge in [0.2, 0.25) is 5.82 Å². The monoisotopic (exact) mass is 399 g/mol. The minimum Gasteiger partial charge on any atom is -0.488 e. The first-order chi connectivity index (χ1) is 13.0. The van der Waals surface area contributed by atoms with Crippen molar-refractivity contribution in [2.24, 2.45) is 0 Å². The lowest BCUT2D eigenvalue weighted by atomic mass is 10.2. The summed E-state index contributed by atoms with van der Waals surface area (Å²) in [6.07, 6.45) is -4.74. The third-order valence-electron chi connectivity index (χ3n) is 3.86. The quantitative estimate of drug-likeness (QED) is 0.772. The predicted octanol–water partition coefficient (Wildman–Crippen LogP) is 4.14. The number of rotatable bonds is 3. The Bertz CT molecular complexity index is 845. The number of hydrogen-bond donors (Lipinski definition) is 0. The van der Waals surface area contributed by atoms with Gasteiger partial charge in [-0.2, -0.15) is 18.2 Å². The number of aromatic nitrogens is 2. The van der Waals surface area contributed by atoms with Gasteiger partial charge in [0.1, 0.15) is 17.5 Å². The Hall–Kier alpha value is -2.78. The van der Waals surface area contributed by atoms with E-state index in [2.05, 4.69) is 14.7 Å². The summed E-state index contributed by atoms with van der Waals surface area (Å²) in [6.45, 7) is 6.24. The number of ether oxygens (including phenoxy) is 2. The van der Waals surface area contributed by atoms with Crippen LogP contribution in [0.25, 0.3) is 11.4 Å². The second-order valence-electron chi connectivity index (χ2n) is 7.40. The standard InChI is InChI=1S/C18H20F3N3O4/c1-17(2,3)27-16(25)24-8-7-13(10-24)26-12-6-4-5-11(9-12)14-22-15(28-23-14)18(19,20)21/h4-6,9,13H,7-8,10H2,1-3H3/t13-/m1/s1. The van der Waals surface area contributed by atoms with E-state index in [1.54, 1.807) is 43.9 Å². The fourth-order valence-corrected chi connectivity index (χ4v) is 2.67. The van der Waals surface area contributed by atoms with Crippen molar-refractivity contribution in [2.45, 2.75) is 45.1 Å². The highest BCUT2D eigenvalue weighted by Gasteiger charge is 2.38. The fraction of sp³-hybridized carbons (Fsp3) is 0.500. The molecule has 1 amide bonds. The molecule has 1 aliphatic heterocycles. The smallest absolute Gasteiger partial charge is 0.471 e. The van der Waals surface area contributed by atoms with Gasteiger partial charge in [0.25, 0.3) is 0 Å². The van der Waals surface area contributed by atoms with Crippen LogP contribution in [0.1, 0.15) is 33.1 Å². The largest absolute Gasteiger partial charge is 0.488 e. The van der Waals surface area contributed by atoms with E-state index in [4.69, 9.17) is 9.47 Å². The van der Waals surface area contributed by atoms with Crippen LogP contribution in [-0.2, 0) is 10.9 Å². The molecule has 10 heteroatoms. The summed E-state index contributed by atoms with van der Waals surface area (Å²) in [7, 11) is 0. The van der Waals surface area contributed by atoms with Gasteiger partial charge in [0.15, 0.2) is 0 Å². The number of alkyl halides is 3. The molecular formula is C18H20F3N3O4. The van der Waals surface area contributed by atoms with E-state index >= 15 is 0 Å². The van der Waals surface area contributed by atoms with E-state index < -0.39 is 23.8 Å². The lowest BCUT2D eigenvalue weighted by Gasteiger charge is -2.24. The normalized spacial score (nSPS) is 17.6. The first-order valence-electron chi connectivity index (χ1n) is 8.67. The zero-order valence-corrected chi connectivity index (χ0v) is 15.6. The second kappa shape index (κ2) is 7.33. The van der Waals surface area contributed by atoms with Crippen LogP contribution in [0.5, 0.6) is 5.75 Å². The molecule has 0 N–H and O–H groups in total. The zero-order valence-electron chi connectivity index (χ0n) is 15.6. The van der Waals surface area contributed by atoms with Gasteiger partial charge in [0.05, 0.1) is 6.54 Å². The number of amides is 1. The van der Waals surface area contributed by atoms with Crippen molar-refractivity contribution in [3.63, 3.8) is 0 Å². The second-order valence-corrected chi connectivity index (χ2v) is 7.40. The van der Waals surface area contributed by atoms with Crippen molar-refractivity contribution in [3.8, 4) is 17.1 Å². The predicted molar refractivity (Wildman–Crippen MR) is 91.6 cm³/mol. The molecule has 28 heavy (non-hydrogen) atoms. The highest BCUT2D eigenvalue weighted by Crippen LogP contribution is 2.30.